The molecule has 0 aliphatic rings. The lowest BCUT2D eigenvalue weighted by molar-refractivity contribution is 0.149. The van der Waals surface area contributed by atoms with Gasteiger partial charge >= 0.3 is 0 Å². The molecule has 2 N–H and O–H groups in total. The molecule has 0 aromatic heterocycles. The summed E-state index contributed by atoms with van der Waals surface area (Å²) in [5.74, 6) is 0. The predicted octanol–water partition coefficient (Wildman–Crippen LogP) is 2.98. The zero-order valence-electron chi connectivity index (χ0n) is 9.96. The van der Waals surface area contributed by atoms with Crippen molar-refractivity contribution in [3.8, 4) is 0 Å². The molecule has 0 heterocycles. The molecule has 0 atom stereocenters. The molecule has 0 aliphatic heterocycles. The Morgan fingerprint density at radius 2 is 1.75 bits per heavy atom. The maximum absolute atomic E-state index is 9.42. The number of rotatable bonds is 6. The van der Waals surface area contributed by atoms with E-state index in [1.165, 1.54) is 5.56 Å². The van der Waals surface area contributed by atoms with Crippen molar-refractivity contribution in [1.29, 1.82) is 0 Å². The SMILES string of the molecule is CCC(CC)(CO)NCc1ccc(Cl)cc1. The predicted molar refractivity (Wildman–Crippen MR) is 68.7 cm³/mol. The Hall–Kier alpha value is -0.570. The molecule has 0 bridgehead atoms. The van der Waals surface area contributed by atoms with Crippen LogP contribution in [-0.2, 0) is 6.54 Å². The van der Waals surface area contributed by atoms with Crippen molar-refractivity contribution in [3.63, 3.8) is 0 Å². The van der Waals surface area contributed by atoms with E-state index in [2.05, 4.69) is 19.2 Å². The summed E-state index contributed by atoms with van der Waals surface area (Å²) in [7, 11) is 0. The maximum atomic E-state index is 9.42. The number of halogens is 1. The summed E-state index contributed by atoms with van der Waals surface area (Å²) in [5.41, 5.74) is 1.03. The lowest BCUT2D eigenvalue weighted by atomic mass is 9.93. The standard InChI is InChI=1S/C13H20ClNO/c1-3-13(4-2,10-16)15-9-11-5-7-12(14)8-6-11/h5-8,15-16H,3-4,9-10H2,1-2H3. The van der Waals surface area contributed by atoms with Crippen molar-refractivity contribution in [2.45, 2.75) is 38.8 Å². The second-order valence-electron chi connectivity index (χ2n) is 4.13. The lowest BCUT2D eigenvalue weighted by Gasteiger charge is -2.31. The molecule has 0 saturated carbocycles. The third kappa shape index (κ3) is 3.48. The third-order valence-corrected chi connectivity index (χ3v) is 3.49. The Morgan fingerprint density at radius 1 is 1.19 bits per heavy atom. The maximum Gasteiger partial charge on any atom is 0.0613 e. The highest BCUT2D eigenvalue weighted by atomic mass is 35.5. The number of benzene rings is 1. The van der Waals surface area contributed by atoms with Crippen molar-refractivity contribution in [3.05, 3.63) is 34.9 Å². The normalized spacial score (nSPS) is 11.8. The Morgan fingerprint density at radius 3 is 2.19 bits per heavy atom. The quantitative estimate of drug-likeness (QED) is 0.803. The smallest absolute Gasteiger partial charge is 0.0613 e. The van der Waals surface area contributed by atoms with Crippen LogP contribution in [0.15, 0.2) is 24.3 Å². The summed E-state index contributed by atoms with van der Waals surface area (Å²) in [5, 5.41) is 13.6. The fourth-order valence-electron chi connectivity index (χ4n) is 1.67. The van der Waals surface area contributed by atoms with Crippen LogP contribution in [0, 0.1) is 0 Å². The second-order valence-corrected chi connectivity index (χ2v) is 4.56. The van der Waals surface area contributed by atoms with Crippen LogP contribution in [0.25, 0.3) is 0 Å². The molecular formula is C13H20ClNO. The first kappa shape index (κ1) is 13.5. The van der Waals surface area contributed by atoms with E-state index in [-0.39, 0.29) is 12.1 Å². The van der Waals surface area contributed by atoms with Crippen molar-refractivity contribution in [1.82, 2.24) is 5.32 Å². The van der Waals surface area contributed by atoms with Gasteiger partial charge in [-0.15, -0.1) is 0 Å². The van der Waals surface area contributed by atoms with Crippen LogP contribution in [0.5, 0.6) is 0 Å². The van der Waals surface area contributed by atoms with Gasteiger partial charge in [0.1, 0.15) is 0 Å². The van der Waals surface area contributed by atoms with Gasteiger partial charge in [0.15, 0.2) is 0 Å². The number of hydrogen-bond acceptors (Lipinski definition) is 2. The van der Waals surface area contributed by atoms with E-state index >= 15 is 0 Å². The van der Waals surface area contributed by atoms with Crippen LogP contribution in [0.2, 0.25) is 5.02 Å². The van der Waals surface area contributed by atoms with Crippen LogP contribution in [-0.4, -0.2) is 17.3 Å². The van der Waals surface area contributed by atoms with Crippen LogP contribution >= 0.6 is 11.6 Å². The van der Waals surface area contributed by atoms with E-state index in [0.717, 1.165) is 24.4 Å². The molecule has 90 valence electrons. The summed E-state index contributed by atoms with van der Waals surface area (Å²) < 4.78 is 0. The minimum atomic E-state index is -0.153. The molecule has 2 nitrogen and oxygen atoms in total. The molecule has 0 aliphatic carbocycles. The molecule has 0 amide bonds. The van der Waals surface area contributed by atoms with Gasteiger partial charge in [-0.05, 0) is 30.5 Å². The molecule has 0 unspecified atom stereocenters. The van der Waals surface area contributed by atoms with Crippen molar-refractivity contribution in [2.24, 2.45) is 0 Å². The fourth-order valence-corrected chi connectivity index (χ4v) is 1.80. The largest absolute Gasteiger partial charge is 0.394 e. The Bertz CT molecular complexity index is 298. The molecule has 1 aromatic rings. The summed E-state index contributed by atoms with van der Waals surface area (Å²) in [6.45, 7) is 5.12. The number of aliphatic hydroxyl groups is 1. The van der Waals surface area contributed by atoms with Crippen LogP contribution in [0.1, 0.15) is 32.3 Å². The molecule has 1 aromatic carbocycles. The first-order valence-electron chi connectivity index (χ1n) is 5.76. The van der Waals surface area contributed by atoms with Crippen LogP contribution < -0.4 is 5.32 Å². The highest BCUT2D eigenvalue weighted by Gasteiger charge is 2.23. The van der Waals surface area contributed by atoms with Crippen LogP contribution in [0.4, 0.5) is 0 Å². The first-order chi connectivity index (χ1) is 7.65. The summed E-state index contributed by atoms with van der Waals surface area (Å²) >= 11 is 5.82. The zero-order chi connectivity index (χ0) is 12.0. The van der Waals surface area contributed by atoms with Gasteiger partial charge in [-0.1, -0.05) is 37.6 Å². The van der Waals surface area contributed by atoms with Crippen LogP contribution in [0.3, 0.4) is 0 Å². The summed E-state index contributed by atoms with van der Waals surface area (Å²) in [4.78, 5) is 0. The van der Waals surface area contributed by atoms with E-state index < -0.39 is 0 Å². The Labute approximate surface area is 103 Å². The van der Waals surface area contributed by atoms with Gasteiger partial charge in [-0.25, -0.2) is 0 Å². The topological polar surface area (TPSA) is 32.3 Å². The molecule has 0 radical (unpaired) electrons. The minimum absolute atomic E-state index is 0.153. The molecule has 1 rings (SSSR count). The van der Waals surface area contributed by atoms with Gasteiger partial charge in [-0.3, -0.25) is 0 Å². The molecule has 16 heavy (non-hydrogen) atoms. The molecule has 3 heteroatoms. The molecule has 0 fully saturated rings. The highest BCUT2D eigenvalue weighted by molar-refractivity contribution is 6.30. The minimum Gasteiger partial charge on any atom is -0.394 e. The average Bonchev–Trinajstić information content (AvgIpc) is 2.34. The van der Waals surface area contributed by atoms with E-state index in [4.69, 9.17) is 11.6 Å². The van der Waals surface area contributed by atoms with Gasteiger partial charge in [0, 0.05) is 17.1 Å². The van der Waals surface area contributed by atoms with E-state index in [1.807, 2.05) is 24.3 Å². The Balaban J connectivity index is 2.58. The zero-order valence-corrected chi connectivity index (χ0v) is 10.7. The Kier molecular flexibility index (Phi) is 5.26. The number of aliphatic hydroxyl groups excluding tert-OH is 1. The van der Waals surface area contributed by atoms with Crippen molar-refractivity contribution >= 4 is 11.6 Å². The van der Waals surface area contributed by atoms with Gasteiger partial charge in [0.05, 0.1) is 6.61 Å². The highest BCUT2D eigenvalue weighted by Crippen LogP contribution is 2.16. The summed E-state index contributed by atoms with van der Waals surface area (Å²) in [6.07, 6.45) is 1.85. The molecular weight excluding hydrogens is 222 g/mol. The van der Waals surface area contributed by atoms with E-state index in [9.17, 15) is 5.11 Å². The fraction of sp³-hybridized carbons (Fsp3) is 0.538. The lowest BCUT2D eigenvalue weighted by Crippen LogP contribution is -2.47. The third-order valence-electron chi connectivity index (χ3n) is 3.24. The molecule has 0 spiro atoms. The monoisotopic (exact) mass is 241 g/mol. The van der Waals surface area contributed by atoms with Gasteiger partial charge in [0.2, 0.25) is 0 Å². The number of hydrogen-bond donors (Lipinski definition) is 2. The van der Waals surface area contributed by atoms with Gasteiger partial charge < -0.3 is 10.4 Å². The first-order valence-corrected chi connectivity index (χ1v) is 6.14. The van der Waals surface area contributed by atoms with Crippen molar-refractivity contribution in [2.75, 3.05) is 6.61 Å². The number of nitrogens with one attached hydrogen (secondary N) is 1. The second kappa shape index (κ2) is 6.24. The van der Waals surface area contributed by atoms with E-state index in [0.29, 0.717) is 0 Å². The van der Waals surface area contributed by atoms with Crippen molar-refractivity contribution < 1.29 is 5.11 Å². The molecule has 0 saturated heterocycles. The summed E-state index contributed by atoms with van der Waals surface area (Å²) in [6, 6.07) is 7.78. The van der Waals surface area contributed by atoms with E-state index in [1.54, 1.807) is 0 Å². The van der Waals surface area contributed by atoms with Gasteiger partial charge in [-0.2, -0.15) is 0 Å². The average molecular weight is 242 g/mol. The van der Waals surface area contributed by atoms with Gasteiger partial charge in [0.25, 0.3) is 0 Å².